The molecule has 1 heterocycles. The molecular weight excluding hydrogens is 244 g/mol. The normalized spacial score (nSPS) is 37.8. The molecule has 0 amide bonds. The van der Waals surface area contributed by atoms with Crippen molar-refractivity contribution in [3.63, 3.8) is 0 Å². The highest BCUT2D eigenvalue weighted by atomic mass is 16.6. The first kappa shape index (κ1) is 12.4. The first-order valence-corrected chi connectivity index (χ1v) is 6.43. The molecule has 4 nitrogen and oxygen atoms in total. The van der Waals surface area contributed by atoms with Gasteiger partial charge in [-0.1, -0.05) is 12.2 Å². The fourth-order valence-electron chi connectivity index (χ4n) is 3.47. The number of carbonyl (C=O) groups excluding carboxylic acids is 2. The molecule has 1 fully saturated rings. The number of fused-ring (bicyclic) bond motifs is 3. The Labute approximate surface area is 111 Å². The number of carbonyl (C=O) groups is 2. The van der Waals surface area contributed by atoms with Gasteiger partial charge in [-0.05, 0) is 38.3 Å². The second kappa shape index (κ2) is 3.67. The van der Waals surface area contributed by atoms with Gasteiger partial charge in [0.15, 0.2) is 11.4 Å². The summed E-state index contributed by atoms with van der Waals surface area (Å²) in [6.07, 6.45) is 2.06. The zero-order chi connectivity index (χ0) is 13.9. The number of ketones is 1. The molecule has 0 saturated carbocycles. The minimum absolute atomic E-state index is 0.174. The molecule has 4 heteroatoms. The number of esters is 1. The van der Waals surface area contributed by atoms with E-state index in [0.717, 1.165) is 5.57 Å². The molecule has 1 saturated heterocycles. The molecule has 0 aromatic heterocycles. The summed E-state index contributed by atoms with van der Waals surface area (Å²) in [7, 11) is 0. The van der Waals surface area contributed by atoms with Crippen molar-refractivity contribution in [2.45, 2.75) is 38.4 Å². The van der Waals surface area contributed by atoms with Crippen LogP contribution < -0.4 is 0 Å². The maximum atomic E-state index is 12.1. The molecule has 19 heavy (non-hydrogen) atoms. The average Bonchev–Trinajstić information content (AvgIpc) is 2.70. The maximum absolute atomic E-state index is 12.1. The molecular formula is C15H16O4. The van der Waals surface area contributed by atoms with Crippen LogP contribution in [0.15, 0.2) is 34.9 Å². The molecule has 0 aromatic carbocycles. The minimum Gasteiger partial charge on any atom is -0.455 e. The average molecular weight is 260 g/mol. The molecule has 1 aliphatic heterocycles. The van der Waals surface area contributed by atoms with Gasteiger partial charge in [0, 0.05) is 17.1 Å². The van der Waals surface area contributed by atoms with Crippen LogP contribution in [0.2, 0.25) is 0 Å². The molecule has 1 N–H and O–H groups in total. The zero-order valence-corrected chi connectivity index (χ0v) is 11.0. The SMILES string of the molecule is C=C1C(=O)OC2C1CCC(C)=C1C(=O)C=C(C)C12O. The molecule has 3 unspecified atom stereocenters. The van der Waals surface area contributed by atoms with Crippen LogP contribution in [-0.2, 0) is 14.3 Å². The number of rotatable bonds is 0. The van der Waals surface area contributed by atoms with Crippen LogP contribution in [0.25, 0.3) is 0 Å². The van der Waals surface area contributed by atoms with E-state index in [1.165, 1.54) is 6.08 Å². The third kappa shape index (κ3) is 1.38. The molecule has 3 aliphatic rings. The smallest absolute Gasteiger partial charge is 0.334 e. The van der Waals surface area contributed by atoms with Crippen LogP contribution in [-0.4, -0.2) is 28.6 Å². The van der Waals surface area contributed by atoms with Crippen molar-refractivity contribution >= 4 is 11.8 Å². The lowest BCUT2D eigenvalue weighted by molar-refractivity contribution is -0.147. The van der Waals surface area contributed by atoms with Crippen LogP contribution in [0.4, 0.5) is 0 Å². The van der Waals surface area contributed by atoms with Crippen molar-refractivity contribution in [3.8, 4) is 0 Å². The van der Waals surface area contributed by atoms with E-state index in [4.69, 9.17) is 4.74 Å². The first-order chi connectivity index (χ1) is 8.87. The number of hydrogen-bond acceptors (Lipinski definition) is 4. The van der Waals surface area contributed by atoms with E-state index in [1.807, 2.05) is 6.92 Å². The van der Waals surface area contributed by atoms with Crippen LogP contribution in [0.5, 0.6) is 0 Å². The van der Waals surface area contributed by atoms with Crippen molar-refractivity contribution in [1.29, 1.82) is 0 Å². The summed E-state index contributed by atoms with van der Waals surface area (Å²) < 4.78 is 5.33. The van der Waals surface area contributed by atoms with Gasteiger partial charge in [0.05, 0.1) is 0 Å². The van der Waals surface area contributed by atoms with Crippen molar-refractivity contribution in [1.82, 2.24) is 0 Å². The quantitative estimate of drug-likeness (QED) is 0.529. The molecule has 0 radical (unpaired) electrons. The summed E-state index contributed by atoms with van der Waals surface area (Å²) in [6.45, 7) is 7.33. The molecule has 0 aromatic rings. The van der Waals surface area contributed by atoms with Gasteiger partial charge in [0.2, 0.25) is 0 Å². The second-order valence-corrected chi connectivity index (χ2v) is 5.61. The van der Waals surface area contributed by atoms with E-state index in [2.05, 4.69) is 6.58 Å². The number of hydrogen-bond donors (Lipinski definition) is 1. The Morgan fingerprint density at radius 3 is 2.79 bits per heavy atom. The van der Waals surface area contributed by atoms with Gasteiger partial charge >= 0.3 is 5.97 Å². The second-order valence-electron chi connectivity index (χ2n) is 5.61. The zero-order valence-electron chi connectivity index (χ0n) is 11.0. The summed E-state index contributed by atoms with van der Waals surface area (Å²) in [4.78, 5) is 23.8. The van der Waals surface area contributed by atoms with Crippen LogP contribution in [0.3, 0.4) is 0 Å². The molecule has 3 atom stereocenters. The van der Waals surface area contributed by atoms with Gasteiger partial charge in [0.1, 0.15) is 6.10 Å². The van der Waals surface area contributed by atoms with Crippen molar-refractivity contribution < 1.29 is 19.4 Å². The highest BCUT2D eigenvalue weighted by Gasteiger charge is 2.58. The molecule has 100 valence electrons. The number of allylic oxidation sites excluding steroid dienone is 2. The van der Waals surface area contributed by atoms with Gasteiger partial charge in [-0.2, -0.15) is 0 Å². The topological polar surface area (TPSA) is 63.6 Å². The minimum atomic E-state index is -1.47. The lowest BCUT2D eigenvalue weighted by Gasteiger charge is -2.33. The number of ether oxygens (including phenoxy) is 1. The Morgan fingerprint density at radius 2 is 2.11 bits per heavy atom. The predicted molar refractivity (Wildman–Crippen MR) is 68.2 cm³/mol. The molecule has 0 bridgehead atoms. The summed E-state index contributed by atoms with van der Waals surface area (Å²) in [5.41, 5.74) is 0.738. The van der Waals surface area contributed by atoms with Gasteiger partial charge in [-0.15, -0.1) is 0 Å². The molecule has 2 aliphatic carbocycles. The number of aliphatic hydroxyl groups is 1. The Bertz CT molecular complexity index is 581. The van der Waals surface area contributed by atoms with E-state index in [1.54, 1.807) is 6.92 Å². The standard InChI is InChI=1S/C15H16O4/c1-7-4-5-10-9(3)14(17)19-13(10)15(18)8(2)6-11(16)12(7)15/h6,10,13,18H,3-5H2,1-2H3. The lowest BCUT2D eigenvalue weighted by atomic mass is 9.79. The Kier molecular flexibility index (Phi) is 2.39. The first-order valence-electron chi connectivity index (χ1n) is 6.43. The third-order valence-corrected chi connectivity index (χ3v) is 4.55. The Hall–Kier alpha value is -1.68. The summed E-state index contributed by atoms with van der Waals surface area (Å²) in [5.74, 6) is -0.861. The summed E-state index contributed by atoms with van der Waals surface area (Å²) >= 11 is 0. The van der Waals surface area contributed by atoms with E-state index in [9.17, 15) is 14.7 Å². The van der Waals surface area contributed by atoms with Crippen molar-refractivity contribution in [3.05, 3.63) is 34.9 Å². The van der Waals surface area contributed by atoms with Crippen LogP contribution in [0.1, 0.15) is 26.7 Å². The summed E-state index contributed by atoms with van der Waals surface area (Å²) in [6, 6.07) is 0. The van der Waals surface area contributed by atoms with Crippen LogP contribution in [0, 0.1) is 5.92 Å². The van der Waals surface area contributed by atoms with Crippen molar-refractivity contribution in [2.24, 2.45) is 5.92 Å². The third-order valence-electron chi connectivity index (χ3n) is 4.55. The van der Waals surface area contributed by atoms with E-state index < -0.39 is 17.7 Å². The van der Waals surface area contributed by atoms with Gasteiger partial charge < -0.3 is 9.84 Å². The van der Waals surface area contributed by atoms with Crippen LogP contribution >= 0.6 is 0 Å². The fraction of sp³-hybridized carbons (Fsp3) is 0.467. The van der Waals surface area contributed by atoms with Gasteiger partial charge in [-0.3, -0.25) is 4.79 Å². The van der Waals surface area contributed by atoms with E-state index >= 15 is 0 Å². The predicted octanol–water partition coefficient (Wildman–Crippen LogP) is 1.45. The van der Waals surface area contributed by atoms with E-state index in [-0.39, 0.29) is 11.7 Å². The monoisotopic (exact) mass is 260 g/mol. The lowest BCUT2D eigenvalue weighted by Crippen LogP contribution is -2.46. The molecule has 0 spiro atoms. The van der Waals surface area contributed by atoms with Gasteiger partial charge in [-0.25, -0.2) is 4.79 Å². The largest absolute Gasteiger partial charge is 0.455 e. The fourth-order valence-corrected chi connectivity index (χ4v) is 3.47. The molecule has 3 rings (SSSR count). The summed E-state index contributed by atoms with van der Waals surface area (Å²) in [5, 5.41) is 11.0. The van der Waals surface area contributed by atoms with Crippen molar-refractivity contribution in [2.75, 3.05) is 0 Å². The van der Waals surface area contributed by atoms with Gasteiger partial charge in [0.25, 0.3) is 0 Å². The maximum Gasteiger partial charge on any atom is 0.334 e. The Balaban J connectivity index is 2.20. The van der Waals surface area contributed by atoms with E-state index in [0.29, 0.717) is 29.6 Å². The highest BCUT2D eigenvalue weighted by molar-refractivity contribution is 6.11. The Morgan fingerprint density at radius 1 is 1.42 bits per heavy atom. The highest BCUT2D eigenvalue weighted by Crippen LogP contribution is 2.49.